The van der Waals surface area contributed by atoms with Crippen LogP contribution in [0, 0.1) is 85.2 Å². The van der Waals surface area contributed by atoms with Gasteiger partial charge in [-0.15, -0.1) is 0 Å². The molecule has 2 amide bonds. The predicted octanol–water partition coefficient (Wildman–Crippen LogP) is 8.69. The number of amides is 2. The fourth-order valence-electron chi connectivity index (χ4n) is 16.6. The Kier molecular flexibility index (Phi) is 10.1. The molecule has 0 aromatic carbocycles. The molecule has 7 saturated carbocycles. The Morgan fingerprint density at radius 1 is 0.724 bits per heavy atom. The van der Waals surface area contributed by atoms with Crippen molar-refractivity contribution in [3.63, 3.8) is 0 Å². The Morgan fingerprint density at radius 3 is 2.03 bits per heavy atom. The summed E-state index contributed by atoms with van der Waals surface area (Å²) in [5.74, 6) is 0.463. The molecule has 1 saturated heterocycles. The number of esters is 1. The predicted molar refractivity (Wildman–Crippen MR) is 223 cm³/mol. The number of hydrogen-bond acceptors (Lipinski definition) is 6. The Hall–Kier alpha value is -2.42. The summed E-state index contributed by atoms with van der Waals surface area (Å²) < 4.78 is 12.0. The summed E-state index contributed by atoms with van der Waals surface area (Å²) in [5, 5.41) is 13.3. The summed E-state index contributed by atoms with van der Waals surface area (Å²) in [6, 6.07) is -0.00897. The maximum absolute atomic E-state index is 15.0. The molecule has 2 N–H and O–H groups in total. The second kappa shape index (κ2) is 13.8. The minimum absolute atomic E-state index is 0.00897. The van der Waals surface area contributed by atoms with Gasteiger partial charge in [-0.3, -0.25) is 19.2 Å². The van der Waals surface area contributed by atoms with Crippen LogP contribution in [0.1, 0.15) is 146 Å². The number of hydrogen-bond donors (Lipinski definition) is 2. The quantitative estimate of drug-likeness (QED) is 0.195. The number of carboxylic acid groups (broad SMARTS) is 1. The van der Waals surface area contributed by atoms with Gasteiger partial charge in [-0.2, -0.15) is 0 Å². The van der Waals surface area contributed by atoms with Gasteiger partial charge in [0.25, 0.3) is 0 Å². The van der Waals surface area contributed by atoms with E-state index >= 15 is 4.79 Å². The molecule has 0 aromatic rings. The number of nitrogens with zero attached hydrogens (tertiary/aromatic N) is 1. The fraction of sp³-hybridized carbons (Fsp3) is 0.878. The highest BCUT2D eigenvalue weighted by molar-refractivity contribution is 5.86. The number of allylic oxidation sites excluding steroid dienone is 1. The first-order valence-electron chi connectivity index (χ1n) is 23.2. The Bertz CT molecular complexity index is 1730. The number of fused-ring (bicyclic) bond motifs is 7. The van der Waals surface area contributed by atoms with Crippen LogP contribution >= 0.6 is 0 Å². The number of rotatable bonds is 7. The van der Waals surface area contributed by atoms with E-state index in [4.69, 9.17) is 9.47 Å². The lowest BCUT2D eigenvalue weighted by Gasteiger charge is -2.73. The molecule has 0 spiro atoms. The van der Waals surface area contributed by atoms with Crippen molar-refractivity contribution in [1.29, 1.82) is 0 Å². The van der Waals surface area contributed by atoms with E-state index in [1.807, 2.05) is 18.7 Å². The number of aliphatic carboxylic acids is 1. The van der Waals surface area contributed by atoms with Gasteiger partial charge in [0.2, 0.25) is 11.8 Å². The largest absolute Gasteiger partial charge is 0.481 e. The van der Waals surface area contributed by atoms with Gasteiger partial charge >= 0.3 is 11.9 Å². The van der Waals surface area contributed by atoms with Crippen LogP contribution in [-0.2, 0) is 28.7 Å². The molecular weight excluding hydrogens is 729 g/mol. The highest BCUT2D eigenvalue weighted by atomic mass is 16.5. The maximum Gasteiger partial charge on any atom is 0.309 e. The van der Waals surface area contributed by atoms with Crippen molar-refractivity contribution >= 4 is 23.8 Å². The number of carboxylic acids is 1. The van der Waals surface area contributed by atoms with Crippen LogP contribution in [0.2, 0.25) is 0 Å². The molecule has 0 aromatic heterocycles. The molecule has 0 radical (unpaired) electrons. The van der Waals surface area contributed by atoms with Crippen molar-refractivity contribution in [2.24, 2.45) is 85.2 Å². The standard InChI is InChI=1S/C49H76N2O7/c1-28(2)29-14-19-49(42(56)50-36-27-31(44(36,5)6)39(52)51-22-24-57-25-23-51)21-20-47(10)30(38(29)49)12-13-35-46(9)17-16-37(45(7,8)34(46)15-18-48(35,47)11)58-41(55)33-26-32(40(53)54)43(33,3)4/h29-38H,1,12-27H2,2-11H3,(H,50,56)(H,53,54)/t29-,30+,31+,32+,33-,34-,35+,36+,37-,38+,46-,47+,48+,49-/m0/s1. The van der Waals surface area contributed by atoms with Gasteiger partial charge in [0.05, 0.1) is 30.5 Å². The number of carbonyl (C=O) groups excluding carboxylic acids is 3. The van der Waals surface area contributed by atoms with Crippen LogP contribution in [0.4, 0.5) is 0 Å². The Balaban J connectivity index is 1.00. The zero-order valence-corrected chi connectivity index (χ0v) is 37.6. The fourth-order valence-corrected chi connectivity index (χ4v) is 16.6. The highest BCUT2D eigenvalue weighted by Crippen LogP contribution is 2.78. The smallest absolute Gasteiger partial charge is 0.309 e. The minimum Gasteiger partial charge on any atom is -0.481 e. The molecule has 9 heteroatoms. The highest BCUT2D eigenvalue weighted by Gasteiger charge is 2.72. The van der Waals surface area contributed by atoms with Crippen molar-refractivity contribution in [3.05, 3.63) is 12.2 Å². The van der Waals surface area contributed by atoms with E-state index in [2.05, 4.69) is 67.3 Å². The molecule has 14 atom stereocenters. The lowest BCUT2D eigenvalue weighted by molar-refractivity contribution is -0.251. The number of ether oxygens (including phenoxy) is 2. The molecule has 0 bridgehead atoms. The summed E-state index contributed by atoms with van der Waals surface area (Å²) in [4.78, 5) is 56.0. The molecule has 7 aliphatic carbocycles. The first-order valence-corrected chi connectivity index (χ1v) is 23.2. The van der Waals surface area contributed by atoms with E-state index in [0.29, 0.717) is 62.8 Å². The van der Waals surface area contributed by atoms with Crippen LogP contribution < -0.4 is 5.32 Å². The van der Waals surface area contributed by atoms with E-state index in [1.165, 1.54) is 5.57 Å². The average Bonchev–Trinajstić information content (AvgIpc) is 3.55. The van der Waals surface area contributed by atoms with E-state index in [0.717, 1.165) is 64.2 Å². The Morgan fingerprint density at radius 2 is 1.41 bits per heavy atom. The first-order chi connectivity index (χ1) is 27.0. The van der Waals surface area contributed by atoms with E-state index in [1.54, 1.807) is 0 Å². The van der Waals surface area contributed by atoms with Crippen LogP contribution in [0.15, 0.2) is 12.2 Å². The van der Waals surface area contributed by atoms with Gasteiger partial charge in [-0.05, 0) is 141 Å². The van der Waals surface area contributed by atoms with Crippen molar-refractivity contribution in [2.45, 2.75) is 158 Å². The van der Waals surface area contributed by atoms with Gasteiger partial charge in [-0.25, -0.2) is 0 Å². The lowest BCUT2D eigenvalue weighted by Crippen LogP contribution is -2.68. The zero-order chi connectivity index (χ0) is 42.2. The second-order valence-electron chi connectivity index (χ2n) is 23.7. The number of carbonyl (C=O) groups is 4. The van der Waals surface area contributed by atoms with E-state index < -0.39 is 22.7 Å². The Labute approximate surface area is 348 Å². The van der Waals surface area contributed by atoms with Crippen LogP contribution in [-0.4, -0.2) is 72.2 Å². The monoisotopic (exact) mass is 805 g/mol. The van der Waals surface area contributed by atoms with E-state index in [9.17, 15) is 19.5 Å². The minimum atomic E-state index is -0.823. The average molecular weight is 805 g/mol. The van der Waals surface area contributed by atoms with Gasteiger partial charge in [0.15, 0.2) is 0 Å². The summed E-state index contributed by atoms with van der Waals surface area (Å²) in [6.45, 7) is 29.9. The normalized spacial score (nSPS) is 47.0. The van der Waals surface area contributed by atoms with Gasteiger partial charge in [0, 0.05) is 30.5 Å². The zero-order valence-electron chi connectivity index (χ0n) is 37.6. The molecule has 1 aliphatic heterocycles. The molecule has 8 fully saturated rings. The SMILES string of the molecule is C=C(C)[C@@H]1CC[C@]2(C(=O)N[C@@H]3C[C@H](C(=O)N4CCOCC4)C3(C)C)CC[C@]3(C)[C@H](CC[C@@H]4[C@@]5(C)CC[C@H](OC(=O)[C@@H]6C[C@H](C(=O)O)C6(C)C)C(C)(C)[C@@H]5CC[C@]43C)[C@@H]12. The van der Waals surface area contributed by atoms with Crippen LogP contribution in [0.3, 0.4) is 0 Å². The number of nitrogens with one attached hydrogen (secondary N) is 1. The molecule has 8 rings (SSSR count). The summed E-state index contributed by atoms with van der Waals surface area (Å²) in [7, 11) is 0. The van der Waals surface area contributed by atoms with Crippen molar-refractivity contribution in [2.75, 3.05) is 26.3 Å². The molecule has 9 nitrogen and oxygen atoms in total. The first kappa shape index (κ1) is 42.3. The van der Waals surface area contributed by atoms with Crippen LogP contribution in [0.5, 0.6) is 0 Å². The lowest BCUT2D eigenvalue weighted by atomic mass is 9.32. The molecular formula is C49H76N2O7. The number of morpholine rings is 1. The van der Waals surface area contributed by atoms with Crippen LogP contribution in [0.25, 0.3) is 0 Å². The van der Waals surface area contributed by atoms with Crippen molar-refractivity contribution < 1.29 is 33.8 Å². The van der Waals surface area contributed by atoms with Crippen molar-refractivity contribution in [3.8, 4) is 0 Å². The third-order valence-electron chi connectivity index (χ3n) is 20.8. The van der Waals surface area contributed by atoms with Crippen molar-refractivity contribution in [1.82, 2.24) is 10.2 Å². The summed E-state index contributed by atoms with van der Waals surface area (Å²) in [6.07, 6.45) is 11.2. The van der Waals surface area contributed by atoms with E-state index in [-0.39, 0.29) is 74.8 Å². The third kappa shape index (κ3) is 5.74. The molecule has 324 valence electrons. The van der Waals surface area contributed by atoms with Gasteiger partial charge in [-0.1, -0.05) is 74.5 Å². The third-order valence-corrected chi connectivity index (χ3v) is 20.8. The van der Waals surface area contributed by atoms with Gasteiger partial charge in [0.1, 0.15) is 6.10 Å². The van der Waals surface area contributed by atoms with Gasteiger partial charge < -0.3 is 24.8 Å². The molecule has 58 heavy (non-hydrogen) atoms. The molecule has 1 heterocycles. The topological polar surface area (TPSA) is 122 Å². The summed E-state index contributed by atoms with van der Waals surface area (Å²) in [5.41, 5.74) is 0.0496. The molecule has 0 unspecified atom stereocenters. The second-order valence-corrected chi connectivity index (χ2v) is 23.7. The summed E-state index contributed by atoms with van der Waals surface area (Å²) >= 11 is 0. The molecule has 8 aliphatic rings. The maximum atomic E-state index is 15.0.